The quantitative estimate of drug-likeness (QED) is 0.510. The number of hydrogen-bond donors (Lipinski definition) is 1. The second kappa shape index (κ2) is 7.74. The minimum absolute atomic E-state index is 0.230. The Morgan fingerprint density at radius 1 is 1.04 bits per heavy atom. The van der Waals surface area contributed by atoms with Crippen molar-refractivity contribution in [1.82, 2.24) is 0 Å². The van der Waals surface area contributed by atoms with Crippen LogP contribution in [0.15, 0.2) is 60.7 Å². The van der Waals surface area contributed by atoms with Gasteiger partial charge in [-0.3, -0.25) is 0 Å². The Bertz CT molecular complexity index is 968. The highest BCUT2D eigenvalue weighted by molar-refractivity contribution is 6.23. The summed E-state index contributed by atoms with van der Waals surface area (Å²) >= 11 is 0. The summed E-state index contributed by atoms with van der Waals surface area (Å²) < 4.78 is 10.9. The molecule has 0 aliphatic heterocycles. The van der Waals surface area contributed by atoms with Crippen molar-refractivity contribution in [3.8, 4) is 11.5 Å². The van der Waals surface area contributed by atoms with Crippen molar-refractivity contribution in [3.63, 3.8) is 0 Å². The molecule has 0 heterocycles. The predicted molar refractivity (Wildman–Crippen MR) is 104 cm³/mol. The van der Waals surface area contributed by atoms with Crippen LogP contribution in [0.4, 0.5) is 0 Å². The minimum atomic E-state index is -0.978. The third-order valence-corrected chi connectivity index (χ3v) is 4.11. The maximum absolute atomic E-state index is 11.9. The van der Waals surface area contributed by atoms with E-state index in [9.17, 15) is 9.90 Å². The number of carbonyl (C=O) groups is 1. The van der Waals surface area contributed by atoms with Crippen LogP contribution in [0.25, 0.3) is 22.4 Å². The molecule has 3 aromatic carbocycles. The van der Waals surface area contributed by atoms with Crippen LogP contribution >= 0.6 is 0 Å². The van der Waals surface area contributed by atoms with Gasteiger partial charge >= 0.3 is 5.97 Å². The summed E-state index contributed by atoms with van der Waals surface area (Å²) in [4.78, 5) is 11.9. The van der Waals surface area contributed by atoms with Gasteiger partial charge in [-0.1, -0.05) is 48.5 Å². The zero-order valence-corrected chi connectivity index (χ0v) is 14.7. The van der Waals surface area contributed by atoms with Crippen LogP contribution in [0.1, 0.15) is 18.1 Å². The molecule has 26 heavy (non-hydrogen) atoms. The van der Waals surface area contributed by atoms with Crippen LogP contribution < -0.4 is 9.47 Å². The first-order chi connectivity index (χ1) is 12.6. The maximum atomic E-state index is 11.9. The van der Waals surface area contributed by atoms with Crippen LogP contribution in [-0.2, 0) is 4.79 Å². The van der Waals surface area contributed by atoms with E-state index >= 15 is 0 Å². The first kappa shape index (κ1) is 17.5. The van der Waals surface area contributed by atoms with Gasteiger partial charge < -0.3 is 14.6 Å². The average Bonchev–Trinajstić information content (AvgIpc) is 2.66. The van der Waals surface area contributed by atoms with Crippen molar-refractivity contribution in [1.29, 1.82) is 0 Å². The molecule has 0 spiro atoms. The highest BCUT2D eigenvalue weighted by Gasteiger charge is 2.14. The van der Waals surface area contributed by atoms with E-state index in [-0.39, 0.29) is 5.57 Å². The molecule has 0 aliphatic rings. The van der Waals surface area contributed by atoms with Gasteiger partial charge in [-0.25, -0.2) is 4.79 Å². The van der Waals surface area contributed by atoms with Crippen LogP contribution in [0, 0.1) is 0 Å². The van der Waals surface area contributed by atoms with E-state index in [0.717, 1.165) is 16.3 Å². The zero-order valence-electron chi connectivity index (χ0n) is 14.7. The summed E-state index contributed by atoms with van der Waals surface area (Å²) in [7, 11) is 1.56. The number of aliphatic carboxylic acids is 1. The number of hydrogen-bond acceptors (Lipinski definition) is 3. The summed E-state index contributed by atoms with van der Waals surface area (Å²) in [5, 5.41) is 11.7. The third-order valence-electron chi connectivity index (χ3n) is 4.11. The lowest BCUT2D eigenvalue weighted by Gasteiger charge is -2.11. The van der Waals surface area contributed by atoms with Gasteiger partial charge in [0.25, 0.3) is 0 Å². The van der Waals surface area contributed by atoms with E-state index in [1.807, 2.05) is 55.5 Å². The van der Waals surface area contributed by atoms with Gasteiger partial charge in [-0.15, -0.1) is 0 Å². The van der Waals surface area contributed by atoms with Gasteiger partial charge in [0.05, 0.1) is 19.3 Å². The molecule has 132 valence electrons. The van der Waals surface area contributed by atoms with E-state index in [1.165, 1.54) is 0 Å². The summed E-state index contributed by atoms with van der Waals surface area (Å²) in [5.41, 5.74) is 1.65. The average molecular weight is 348 g/mol. The van der Waals surface area contributed by atoms with Crippen LogP contribution in [0.2, 0.25) is 0 Å². The first-order valence-electron chi connectivity index (χ1n) is 8.38. The van der Waals surface area contributed by atoms with Crippen molar-refractivity contribution in [2.45, 2.75) is 6.92 Å². The minimum Gasteiger partial charge on any atom is -0.493 e. The molecule has 0 saturated heterocycles. The number of ether oxygens (including phenoxy) is 2. The highest BCUT2D eigenvalue weighted by Crippen LogP contribution is 2.31. The molecule has 0 aliphatic carbocycles. The highest BCUT2D eigenvalue weighted by atomic mass is 16.5. The number of rotatable bonds is 6. The molecule has 0 unspecified atom stereocenters. The fourth-order valence-corrected chi connectivity index (χ4v) is 2.93. The first-order valence-corrected chi connectivity index (χ1v) is 8.38. The molecule has 0 bridgehead atoms. The number of fused-ring (bicyclic) bond motifs is 1. The van der Waals surface area contributed by atoms with Gasteiger partial charge in [-0.05, 0) is 47.0 Å². The maximum Gasteiger partial charge on any atom is 0.336 e. The molecular weight excluding hydrogens is 328 g/mol. The van der Waals surface area contributed by atoms with E-state index < -0.39 is 5.97 Å². The second-order valence-corrected chi connectivity index (χ2v) is 5.73. The number of methoxy groups -OCH3 is 1. The Balaban J connectivity index is 2.12. The predicted octanol–water partition coefficient (Wildman–Crippen LogP) is 4.87. The normalized spacial score (nSPS) is 11.4. The molecular formula is C22H20O4. The zero-order chi connectivity index (χ0) is 18.5. The van der Waals surface area contributed by atoms with Gasteiger partial charge in [0.1, 0.15) is 0 Å². The summed E-state index contributed by atoms with van der Waals surface area (Å²) in [6.07, 6.45) is 1.66. The summed E-state index contributed by atoms with van der Waals surface area (Å²) in [5.74, 6) is 0.228. The van der Waals surface area contributed by atoms with Crippen LogP contribution in [0.5, 0.6) is 11.5 Å². The van der Waals surface area contributed by atoms with E-state index in [0.29, 0.717) is 23.7 Å². The molecule has 0 aromatic heterocycles. The van der Waals surface area contributed by atoms with E-state index in [2.05, 4.69) is 0 Å². The van der Waals surface area contributed by atoms with Gasteiger partial charge in [-0.2, -0.15) is 0 Å². The second-order valence-electron chi connectivity index (χ2n) is 5.73. The molecule has 1 N–H and O–H groups in total. The van der Waals surface area contributed by atoms with Crippen molar-refractivity contribution >= 4 is 28.4 Å². The van der Waals surface area contributed by atoms with Crippen molar-refractivity contribution in [2.24, 2.45) is 0 Å². The Morgan fingerprint density at radius 2 is 1.81 bits per heavy atom. The van der Waals surface area contributed by atoms with Gasteiger partial charge in [0.15, 0.2) is 11.5 Å². The Morgan fingerprint density at radius 3 is 2.54 bits per heavy atom. The van der Waals surface area contributed by atoms with E-state index in [1.54, 1.807) is 25.3 Å². The topological polar surface area (TPSA) is 55.8 Å². The van der Waals surface area contributed by atoms with E-state index in [4.69, 9.17) is 9.47 Å². The molecule has 0 atom stereocenters. The molecule has 4 heteroatoms. The van der Waals surface area contributed by atoms with Gasteiger partial charge in [0, 0.05) is 0 Å². The van der Waals surface area contributed by atoms with Gasteiger partial charge in [0.2, 0.25) is 0 Å². The monoisotopic (exact) mass is 348 g/mol. The molecule has 3 aromatic rings. The molecule has 4 nitrogen and oxygen atoms in total. The largest absolute Gasteiger partial charge is 0.493 e. The third kappa shape index (κ3) is 3.54. The molecule has 0 saturated carbocycles. The standard InChI is InChI=1S/C22H20O4/c1-3-26-20-12-11-15(14-21(20)25-2)13-19(22(23)24)18-10-6-8-16-7-4-5-9-17(16)18/h4-14H,3H2,1-2H3,(H,23,24)/b19-13-. The lowest BCUT2D eigenvalue weighted by molar-refractivity contribution is -0.130. The Labute approximate surface area is 152 Å². The lowest BCUT2D eigenvalue weighted by Crippen LogP contribution is -2.01. The molecule has 0 fully saturated rings. The fraction of sp³-hybridized carbons (Fsp3) is 0.136. The number of benzene rings is 3. The molecule has 3 rings (SSSR count). The lowest BCUT2D eigenvalue weighted by atomic mass is 9.96. The number of carboxylic acid groups (broad SMARTS) is 1. The van der Waals surface area contributed by atoms with Crippen LogP contribution in [-0.4, -0.2) is 24.8 Å². The Kier molecular flexibility index (Phi) is 5.23. The Hall–Kier alpha value is -3.27. The fourth-order valence-electron chi connectivity index (χ4n) is 2.93. The van der Waals surface area contributed by atoms with Crippen molar-refractivity contribution < 1.29 is 19.4 Å². The molecule has 0 radical (unpaired) electrons. The molecule has 0 amide bonds. The van der Waals surface area contributed by atoms with Crippen molar-refractivity contribution in [3.05, 3.63) is 71.8 Å². The smallest absolute Gasteiger partial charge is 0.336 e. The van der Waals surface area contributed by atoms with Crippen molar-refractivity contribution in [2.75, 3.05) is 13.7 Å². The van der Waals surface area contributed by atoms with Crippen LogP contribution in [0.3, 0.4) is 0 Å². The number of carboxylic acids is 1. The SMILES string of the molecule is CCOc1ccc(/C=C(\C(=O)O)c2cccc3ccccc23)cc1OC. The summed E-state index contributed by atoms with van der Waals surface area (Å²) in [6.45, 7) is 2.43. The summed E-state index contributed by atoms with van der Waals surface area (Å²) in [6, 6.07) is 18.8.